The number of aromatic nitrogens is 2. The van der Waals surface area contributed by atoms with Crippen molar-refractivity contribution in [1.82, 2.24) is 9.97 Å². The van der Waals surface area contributed by atoms with Crippen LogP contribution in [0.5, 0.6) is 0 Å². The van der Waals surface area contributed by atoms with Gasteiger partial charge in [-0.25, -0.2) is 9.97 Å². The number of nitrogen functional groups attached to an aromatic ring is 1. The summed E-state index contributed by atoms with van der Waals surface area (Å²) in [5.41, 5.74) is 5.86. The lowest BCUT2D eigenvalue weighted by Crippen LogP contribution is -2.41. The highest BCUT2D eigenvalue weighted by Gasteiger charge is 2.28. The molecule has 92 valence electrons. The van der Waals surface area contributed by atoms with E-state index < -0.39 is 0 Å². The fraction of sp³-hybridized carbons (Fsp3) is 0.667. The number of nitrogens with zero attached hydrogens (tertiary/aromatic N) is 3. The summed E-state index contributed by atoms with van der Waals surface area (Å²) in [6.45, 7) is 4.59. The van der Waals surface area contributed by atoms with Crippen LogP contribution in [-0.4, -0.2) is 35.8 Å². The van der Waals surface area contributed by atoms with Crippen LogP contribution in [-0.2, 0) is 4.74 Å². The molecule has 2 heterocycles. The number of ether oxygens (including phenoxy) is 1. The number of hydrogen-bond acceptors (Lipinski definition) is 5. The highest BCUT2D eigenvalue weighted by atomic mass is 16.5. The number of hydrogen-bond donors (Lipinski definition) is 1. The Morgan fingerprint density at radius 1 is 1.41 bits per heavy atom. The molecule has 0 radical (unpaired) electrons. The molecule has 5 nitrogen and oxygen atoms in total. The predicted octanol–water partition coefficient (Wildman–Crippen LogP) is 1.16. The van der Waals surface area contributed by atoms with E-state index in [0.717, 1.165) is 31.3 Å². The van der Waals surface area contributed by atoms with Gasteiger partial charge in [0.15, 0.2) is 0 Å². The van der Waals surface area contributed by atoms with Crippen LogP contribution in [0.1, 0.15) is 31.5 Å². The lowest BCUT2D eigenvalue weighted by atomic mass is 10.3. The minimum atomic E-state index is 0.254. The topological polar surface area (TPSA) is 64.3 Å². The lowest BCUT2D eigenvalue weighted by molar-refractivity contribution is 0.0529. The summed E-state index contributed by atoms with van der Waals surface area (Å²) in [7, 11) is 0. The van der Waals surface area contributed by atoms with E-state index in [1.54, 1.807) is 0 Å². The Balaban J connectivity index is 1.85. The quantitative estimate of drug-likeness (QED) is 0.832. The van der Waals surface area contributed by atoms with Gasteiger partial charge in [-0.15, -0.1) is 0 Å². The Morgan fingerprint density at radius 2 is 2.24 bits per heavy atom. The van der Waals surface area contributed by atoms with Gasteiger partial charge in [0.2, 0.25) is 0 Å². The molecule has 2 N–H and O–H groups in total. The maximum atomic E-state index is 5.86. The van der Waals surface area contributed by atoms with Crippen LogP contribution in [0.4, 0.5) is 11.6 Å². The summed E-state index contributed by atoms with van der Waals surface area (Å²) in [6, 6.07) is 1.86. The minimum absolute atomic E-state index is 0.254. The van der Waals surface area contributed by atoms with Crippen LogP contribution in [0.2, 0.25) is 0 Å². The summed E-state index contributed by atoms with van der Waals surface area (Å²) in [5, 5.41) is 0. The van der Waals surface area contributed by atoms with Crippen molar-refractivity contribution in [1.29, 1.82) is 0 Å². The van der Waals surface area contributed by atoms with Gasteiger partial charge in [0.05, 0.1) is 12.7 Å². The van der Waals surface area contributed by atoms with E-state index >= 15 is 0 Å². The summed E-state index contributed by atoms with van der Waals surface area (Å²) in [4.78, 5) is 11.2. The van der Waals surface area contributed by atoms with Crippen molar-refractivity contribution in [2.75, 3.05) is 30.3 Å². The second-order valence-electron chi connectivity index (χ2n) is 4.91. The molecule has 1 unspecified atom stereocenters. The molecule has 3 rings (SSSR count). The van der Waals surface area contributed by atoms with Crippen LogP contribution < -0.4 is 10.6 Å². The van der Waals surface area contributed by atoms with E-state index in [-0.39, 0.29) is 6.10 Å². The van der Waals surface area contributed by atoms with Crippen molar-refractivity contribution < 1.29 is 4.74 Å². The van der Waals surface area contributed by atoms with Crippen LogP contribution in [0.25, 0.3) is 0 Å². The molecule has 1 aliphatic heterocycles. The van der Waals surface area contributed by atoms with Gasteiger partial charge in [-0.3, -0.25) is 0 Å². The van der Waals surface area contributed by atoms with Crippen LogP contribution in [0.3, 0.4) is 0 Å². The number of rotatable bonds is 2. The van der Waals surface area contributed by atoms with Gasteiger partial charge >= 0.3 is 0 Å². The van der Waals surface area contributed by atoms with Crippen molar-refractivity contribution in [3.8, 4) is 0 Å². The second-order valence-corrected chi connectivity index (χ2v) is 4.91. The monoisotopic (exact) mass is 234 g/mol. The molecule has 1 aliphatic carbocycles. The Labute approximate surface area is 101 Å². The van der Waals surface area contributed by atoms with Gasteiger partial charge in [0.1, 0.15) is 17.5 Å². The van der Waals surface area contributed by atoms with Crippen molar-refractivity contribution in [3.63, 3.8) is 0 Å². The molecule has 1 saturated heterocycles. The van der Waals surface area contributed by atoms with Crippen molar-refractivity contribution in [2.24, 2.45) is 0 Å². The minimum Gasteiger partial charge on any atom is -0.384 e. The van der Waals surface area contributed by atoms with Gasteiger partial charge in [0.25, 0.3) is 0 Å². The molecule has 0 amide bonds. The molecule has 2 fully saturated rings. The first-order chi connectivity index (χ1) is 8.22. The van der Waals surface area contributed by atoms with Gasteiger partial charge in [-0.2, -0.15) is 0 Å². The molecule has 5 heteroatoms. The van der Waals surface area contributed by atoms with Gasteiger partial charge in [-0.05, 0) is 19.8 Å². The van der Waals surface area contributed by atoms with Crippen LogP contribution in [0, 0.1) is 0 Å². The fourth-order valence-electron chi connectivity index (χ4n) is 2.18. The van der Waals surface area contributed by atoms with E-state index in [1.807, 2.05) is 6.07 Å². The average molecular weight is 234 g/mol. The molecule has 1 atom stereocenters. The van der Waals surface area contributed by atoms with Gasteiger partial charge in [-0.1, -0.05) is 0 Å². The molecule has 1 aromatic rings. The standard InChI is InChI=1S/C12H18N4O/c1-8-7-16(4-5-17-8)11-6-10(13)14-12(15-11)9-2-3-9/h6,8-9H,2-5,7H2,1H3,(H2,13,14,15). The zero-order chi connectivity index (χ0) is 11.8. The molecule has 0 spiro atoms. The summed E-state index contributed by atoms with van der Waals surface area (Å²) in [5.74, 6) is 2.99. The largest absolute Gasteiger partial charge is 0.384 e. The Bertz CT molecular complexity index is 419. The fourth-order valence-corrected chi connectivity index (χ4v) is 2.18. The van der Waals surface area contributed by atoms with E-state index in [2.05, 4.69) is 21.8 Å². The van der Waals surface area contributed by atoms with Gasteiger partial charge in [0, 0.05) is 25.1 Å². The van der Waals surface area contributed by atoms with Gasteiger partial charge < -0.3 is 15.4 Å². The summed E-state index contributed by atoms with van der Waals surface area (Å²) >= 11 is 0. The zero-order valence-corrected chi connectivity index (χ0v) is 10.1. The third kappa shape index (κ3) is 2.34. The lowest BCUT2D eigenvalue weighted by Gasteiger charge is -2.32. The third-order valence-corrected chi connectivity index (χ3v) is 3.26. The van der Waals surface area contributed by atoms with Crippen LogP contribution in [0.15, 0.2) is 6.07 Å². The molecule has 0 bridgehead atoms. The normalized spacial score (nSPS) is 25.0. The predicted molar refractivity (Wildman–Crippen MR) is 66.0 cm³/mol. The van der Waals surface area contributed by atoms with Crippen molar-refractivity contribution in [3.05, 3.63) is 11.9 Å². The molecule has 0 aromatic carbocycles. The van der Waals surface area contributed by atoms with Crippen molar-refractivity contribution in [2.45, 2.75) is 31.8 Å². The summed E-state index contributed by atoms with van der Waals surface area (Å²) in [6.07, 6.45) is 2.65. The van der Waals surface area contributed by atoms with Crippen molar-refractivity contribution >= 4 is 11.6 Å². The SMILES string of the molecule is CC1CN(c2cc(N)nc(C3CC3)n2)CCO1. The number of morpholine rings is 1. The molecule has 1 aromatic heterocycles. The smallest absolute Gasteiger partial charge is 0.136 e. The molecular formula is C12H18N4O. The maximum absolute atomic E-state index is 5.86. The first kappa shape index (κ1) is 10.8. The molecular weight excluding hydrogens is 216 g/mol. The molecule has 1 saturated carbocycles. The third-order valence-electron chi connectivity index (χ3n) is 3.26. The average Bonchev–Trinajstić information content (AvgIpc) is 3.12. The van der Waals surface area contributed by atoms with E-state index in [0.29, 0.717) is 11.7 Å². The molecule has 2 aliphatic rings. The first-order valence-electron chi connectivity index (χ1n) is 6.23. The van der Waals surface area contributed by atoms with E-state index in [9.17, 15) is 0 Å². The summed E-state index contributed by atoms with van der Waals surface area (Å²) < 4.78 is 5.53. The first-order valence-corrected chi connectivity index (χ1v) is 6.23. The van der Waals surface area contributed by atoms with E-state index in [1.165, 1.54) is 12.8 Å². The second kappa shape index (κ2) is 4.14. The highest BCUT2D eigenvalue weighted by Crippen LogP contribution is 2.38. The van der Waals surface area contributed by atoms with E-state index in [4.69, 9.17) is 10.5 Å². The Kier molecular flexibility index (Phi) is 2.63. The zero-order valence-electron chi connectivity index (χ0n) is 10.1. The number of anilines is 2. The Morgan fingerprint density at radius 3 is 2.94 bits per heavy atom. The number of nitrogens with two attached hydrogens (primary N) is 1. The maximum Gasteiger partial charge on any atom is 0.136 e. The highest BCUT2D eigenvalue weighted by molar-refractivity contribution is 5.48. The Hall–Kier alpha value is -1.36. The van der Waals surface area contributed by atoms with Crippen LogP contribution >= 0.6 is 0 Å². The molecule has 17 heavy (non-hydrogen) atoms.